The van der Waals surface area contributed by atoms with Crippen LogP contribution in [0.1, 0.15) is 49.4 Å². The lowest BCUT2D eigenvalue weighted by Crippen LogP contribution is -2.64. The Morgan fingerprint density at radius 3 is 2.46 bits per heavy atom. The molecule has 1 spiro atoms. The summed E-state index contributed by atoms with van der Waals surface area (Å²) in [6.07, 6.45) is 4.36. The van der Waals surface area contributed by atoms with Crippen molar-refractivity contribution in [2.75, 3.05) is 13.1 Å². The molecule has 1 saturated heterocycles. The molecule has 1 N–H and O–H groups in total. The first-order valence-corrected chi connectivity index (χ1v) is 10.4. The topological polar surface area (TPSA) is 27.7 Å². The summed E-state index contributed by atoms with van der Waals surface area (Å²) in [5.41, 5.74) is 8.36. The molecule has 0 aromatic heterocycles. The number of hydrogen-bond donors (Lipinski definition) is 1. The lowest BCUT2D eigenvalue weighted by Gasteiger charge is -2.52. The molecule has 4 heteroatoms. The SMILES string of the molecule is Cc1ccc(C2=C[C@@H]3c4ccccc4OC4(CCN(C(C)C)CC4)N3N2)cc1. The molecule has 4 nitrogen and oxygen atoms in total. The molecule has 3 heterocycles. The van der Waals surface area contributed by atoms with Gasteiger partial charge in [-0.25, -0.2) is 0 Å². The standard InChI is InChI=1S/C24H29N3O/c1-17(2)26-14-12-24(13-15-26)27-22(20-6-4-5-7-23(20)28-24)16-21(25-27)19-10-8-18(3)9-11-19/h4-11,16-17,22,25H,12-15H2,1-3H3/t22-/m1/s1. The Hall–Kier alpha value is -2.30. The molecule has 0 unspecified atom stereocenters. The largest absolute Gasteiger partial charge is 0.470 e. The number of fused-ring (bicyclic) bond motifs is 4. The Morgan fingerprint density at radius 1 is 1.04 bits per heavy atom. The molecule has 5 rings (SSSR count). The lowest BCUT2D eigenvalue weighted by molar-refractivity contribution is -0.161. The van der Waals surface area contributed by atoms with Crippen molar-refractivity contribution >= 4 is 5.70 Å². The number of hydrazine groups is 1. The third-order valence-corrected chi connectivity index (χ3v) is 6.49. The quantitative estimate of drug-likeness (QED) is 0.837. The highest BCUT2D eigenvalue weighted by atomic mass is 16.5. The van der Waals surface area contributed by atoms with E-state index in [9.17, 15) is 0 Å². The van der Waals surface area contributed by atoms with Gasteiger partial charge in [0.25, 0.3) is 0 Å². The maximum atomic E-state index is 6.71. The Bertz CT molecular complexity index is 894. The van der Waals surface area contributed by atoms with Gasteiger partial charge in [0.2, 0.25) is 0 Å². The van der Waals surface area contributed by atoms with E-state index in [1.54, 1.807) is 0 Å². The van der Waals surface area contributed by atoms with Crippen LogP contribution in [0.3, 0.4) is 0 Å². The predicted molar refractivity (Wildman–Crippen MR) is 113 cm³/mol. The number of hydrogen-bond acceptors (Lipinski definition) is 4. The number of rotatable bonds is 2. The minimum absolute atomic E-state index is 0.201. The number of benzene rings is 2. The summed E-state index contributed by atoms with van der Waals surface area (Å²) in [5, 5.41) is 2.38. The van der Waals surface area contributed by atoms with Crippen molar-refractivity contribution in [1.29, 1.82) is 0 Å². The summed E-state index contributed by atoms with van der Waals surface area (Å²) in [5.74, 6) is 1.03. The molecule has 0 radical (unpaired) electrons. The number of nitrogens with one attached hydrogen (secondary N) is 1. The van der Waals surface area contributed by atoms with Gasteiger partial charge in [0.05, 0.1) is 11.7 Å². The summed E-state index contributed by atoms with van der Waals surface area (Å²) in [4.78, 5) is 2.55. The third-order valence-electron chi connectivity index (χ3n) is 6.49. The molecule has 0 aliphatic carbocycles. The van der Waals surface area contributed by atoms with Crippen LogP contribution in [0.2, 0.25) is 0 Å². The number of ether oxygens (including phenoxy) is 1. The number of piperidine rings is 1. The van der Waals surface area contributed by atoms with Crippen LogP contribution in [0.15, 0.2) is 54.6 Å². The molecule has 3 aliphatic rings. The van der Waals surface area contributed by atoms with Gasteiger partial charge in [0, 0.05) is 37.5 Å². The van der Waals surface area contributed by atoms with E-state index < -0.39 is 0 Å². The molecule has 0 saturated carbocycles. The van der Waals surface area contributed by atoms with Gasteiger partial charge in [-0.15, -0.1) is 0 Å². The summed E-state index contributed by atoms with van der Waals surface area (Å²) in [6, 6.07) is 18.0. The second-order valence-electron chi connectivity index (χ2n) is 8.59. The molecule has 1 atom stereocenters. The Labute approximate surface area is 167 Å². The lowest BCUT2D eigenvalue weighted by atomic mass is 9.92. The van der Waals surface area contributed by atoms with E-state index in [-0.39, 0.29) is 11.8 Å². The van der Waals surface area contributed by atoms with E-state index in [0.717, 1.165) is 31.7 Å². The average Bonchev–Trinajstić information content (AvgIpc) is 3.16. The van der Waals surface area contributed by atoms with E-state index >= 15 is 0 Å². The van der Waals surface area contributed by atoms with Crippen LogP contribution >= 0.6 is 0 Å². The molecule has 3 aliphatic heterocycles. The average molecular weight is 376 g/mol. The molecule has 146 valence electrons. The minimum Gasteiger partial charge on any atom is -0.470 e. The zero-order valence-corrected chi connectivity index (χ0v) is 17.0. The van der Waals surface area contributed by atoms with Gasteiger partial charge in [-0.1, -0.05) is 48.0 Å². The van der Waals surface area contributed by atoms with Gasteiger partial charge < -0.3 is 15.1 Å². The maximum Gasteiger partial charge on any atom is 0.182 e. The first-order chi connectivity index (χ1) is 13.6. The van der Waals surface area contributed by atoms with E-state index in [1.165, 1.54) is 22.4 Å². The molecular formula is C24H29N3O. The van der Waals surface area contributed by atoms with Crippen LogP contribution in [0.5, 0.6) is 5.75 Å². The fourth-order valence-corrected chi connectivity index (χ4v) is 4.75. The fraction of sp³-hybridized carbons (Fsp3) is 0.417. The van der Waals surface area contributed by atoms with Crippen molar-refractivity contribution in [2.24, 2.45) is 0 Å². The van der Waals surface area contributed by atoms with Gasteiger partial charge >= 0.3 is 0 Å². The molecule has 1 fully saturated rings. The summed E-state index contributed by atoms with van der Waals surface area (Å²) >= 11 is 0. The molecule has 0 amide bonds. The number of nitrogens with zero attached hydrogens (tertiary/aromatic N) is 2. The summed E-state index contributed by atoms with van der Waals surface area (Å²) in [6.45, 7) is 8.81. The van der Waals surface area contributed by atoms with Crippen molar-refractivity contribution < 1.29 is 4.74 Å². The normalized spacial score (nSPS) is 23.7. The van der Waals surface area contributed by atoms with Crippen LogP contribution in [0, 0.1) is 6.92 Å². The highest BCUT2D eigenvalue weighted by molar-refractivity contribution is 5.67. The van der Waals surface area contributed by atoms with Crippen LogP contribution < -0.4 is 10.2 Å². The second-order valence-corrected chi connectivity index (χ2v) is 8.59. The van der Waals surface area contributed by atoms with E-state index in [1.807, 2.05) is 0 Å². The van der Waals surface area contributed by atoms with Crippen molar-refractivity contribution in [3.05, 3.63) is 71.3 Å². The van der Waals surface area contributed by atoms with E-state index in [2.05, 4.69) is 90.7 Å². The zero-order chi connectivity index (χ0) is 19.3. The Balaban J connectivity index is 1.51. The predicted octanol–water partition coefficient (Wildman–Crippen LogP) is 4.49. The van der Waals surface area contributed by atoms with Crippen molar-refractivity contribution in [1.82, 2.24) is 15.3 Å². The number of aryl methyl sites for hydroxylation is 1. The maximum absolute atomic E-state index is 6.71. The number of para-hydroxylation sites is 1. The van der Waals surface area contributed by atoms with Gasteiger partial charge in [-0.3, -0.25) is 0 Å². The first-order valence-electron chi connectivity index (χ1n) is 10.4. The summed E-state index contributed by atoms with van der Waals surface area (Å²) in [7, 11) is 0. The minimum atomic E-state index is -0.298. The molecule has 2 aromatic carbocycles. The van der Waals surface area contributed by atoms with Crippen molar-refractivity contribution in [3.63, 3.8) is 0 Å². The number of likely N-dealkylation sites (tertiary alicyclic amines) is 1. The van der Waals surface area contributed by atoms with E-state index in [0.29, 0.717) is 6.04 Å². The second kappa shape index (κ2) is 6.64. The summed E-state index contributed by atoms with van der Waals surface area (Å²) < 4.78 is 6.71. The fourth-order valence-electron chi connectivity index (χ4n) is 4.75. The monoisotopic (exact) mass is 375 g/mol. The van der Waals surface area contributed by atoms with Crippen molar-refractivity contribution in [3.8, 4) is 5.75 Å². The van der Waals surface area contributed by atoms with E-state index in [4.69, 9.17) is 4.74 Å². The smallest absolute Gasteiger partial charge is 0.182 e. The highest BCUT2D eigenvalue weighted by Crippen LogP contribution is 2.48. The van der Waals surface area contributed by atoms with Crippen LogP contribution in [-0.4, -0.2) is 34.8 Å². The molecule has 28 heavy (non-hydrogen) atoms. The van der Waals surface area contributed by atoms with Crippen LogP contribution in [0.25, 0.3) is 5.70 Å². The van der Waals surface area contributed by atoms with Gasteiger partial charge in [-0.05, 0) is 38.5 Å². The van der Waals surface area contributed by atoms with Gasteiger partial charge in [0.15, 0.2) is 5.72 Å². The molecular weight excluding hydrogens is 346 g/mol. The third kappa shape index (κ3) is 2.83. The first kappa shape index (κ1) is 17.8. The Morgan fingerprint density at radius 2 is 1.75 bits per heavy atom. The van der Waals surface area contributed by atoms with Gasteiger partial charge in [-0.2, -0.15) is 5.01 Å². The van der Waals surface area contributed by atoms with Gasteiger partial charge in [0.1, 0.15) is 5.75 Å². The Kier molecular flexibility index (Phi) is 4.22. The molecule has 2 aromatic rings. The van der Waals surface area contributed by atoms with Crippen molar-refractivity contribution in [2.45, 2.75) is 51.4 Å². The zero-order valence-electron chi connectivity index (χ0n) is 17.0. The molecule has 0 bridgehead atoms. The highest BCUT2D eigenvalue weighted by Gasteiger charge is 2.51. The van der Waals surface area contributed by atoms with Crippen LogP contribution in [0.4, 0.5) is 0 Å². The van der Waals surface area contributed by atoms with Crippen LogP contribution in [-0.2, 0) is 0 Å².